The molecule has 0 N–H and O–H groups in total. The van der Waals surface area contributed by atoms with Crippen LogP contribution in [0, 0.1) is 5.92 Å². The summed E-state index contributed by atoms with van der Waals surface area (Å²) in [6.07, 6.45) is 6.74. The zero-order valence-corrected chi connectivity index (χ0v) is 10.6. The van der Waals surface area contributed by atoms with Gasteiger partial charge in [0.05, 0.1) is 20.3 Å². The van der Waals surface area contributed by atoms with Gasteiger partial charge in [-0.15, -0.1) is 0 Å². The maximum Gasteiger partial charge on any atom is 0.331 e. The number of carbonyl (C=O) groups excluding carboxylic acids is 2. The molecule has 0 aromatic carbocycles. The van der Waals surface area contributed by atoms with Gasteiger partial charge in [-0.3, -0.25) is 4.79 Å². The Labute approximate surface area is 107 Å². The van der Waals surface area contributed by atoms with Crippen molar-refractivity contribution in [3.8, 4) is 0 Å². The monoisotopic (exact) mass is 253 g/mol. The summed E-state index contributed by atoms with van der Waals surface area (Å²) in [5.74, 6) is -0.0612. The Hall–Kier alpha value is -1.36. The van der Waals surface area contributed by atoms with Crippen molar-refractivity contribution < 1.29 is 19.1 Å². The summed E-state index contributed by atoms with van der Waals surface area (Å²) in [5.41, 5.74) is 0. The van der Waals surface area contributed by atoms with Gasteiger partial charge in [0.15, 0.2) is 6.04 Å². The summed E-state index contributed by atoms with van der Waals surface area (Å²) in [6, 6.07) is -0.582. The molecule has 1 saturated heterocycles. The van der Waals surface area contributed by atoms with Crippen LogP contribution < -0.4 is 0 Å². The molecule has 0 saturated carbocycles. The topological polar surface area (TPSA) is 55.8 Å². The van der Waals surface area contributed by atoms with E-state index >= 15 is 0 Å². The van der Waals surface area contributed by atoms with E-state index in [4.69, 9.17) is 9.47 Å². The minimum absolute atomic E-state index is 0.0188. The molecular formula is C13H19NO4. The van der Waals surface area contributed by atoms with E-state index in [9.17, 15) is 9.59 Å². The number of nitrogens with zero attached hydrogens (tertiary/aromatic N) is 1. The Bertz CT molecular complexity index is 353. The first kappa shape index (κ1) is 13.1. The minimum atomic E-state index is -0.582. The third-order valence-corrected chi connectivity index (χ3v) is 3.47. The Morgan fingerprint density at radius 3 is 3.00 bits per heavy atom. The number of morpholine rings is 1. The van der Waals surface area contributed by atoms with Crippen molar-refractivity contribution in [2.24, 2.45) is 5.92 Å². The molecule has 1 aliphatic carbocycles. The number of ether oxygens (including phenoxy) is 2. The average molecular weight is 253 g/mol. The lowest BCUT2D eigenvalue weighted by atomic mass is 10.0. The van der Waals surface area contributed by atoms with E-state index in [1.807, 2.05) is 0 Å². The molecule has 0 aromatic heterocycles. The number of hydrogen-bond acceptors (Lipinski definition) is 4. The normalized spacial score (nSPS) is 27.3. The molecule has 1 heterocycles. The lowest BCUT2D eigenvalue weighted by Crippen LogP contribution is -2.53. The summed E-state index contributed by atoms with van der Waals surface area (Å²) in [7, 11) is 1.33. The highest BCUT2D eigenvalue weighted by atomic mass is 16.5. The first-order valence-electron chi connectivity index (χ1n) is 6.34. The van der Waals surface area contributed by atoms with Crippen molar-refractivity contribution in [1.82, 2.24) is 4.90 Å². The Morgan fingerprint density at radius 1 is 1.50 bits per heavy atom. The van der Waals surface area contributed by atoms with Gasteiger partial charge in [0, 0.05) is 13.0 Å². The SMILES string of the molecule is COC(=O)C1COCCN1C(=O)CC1C=CCC1. The molecule has 1 fully saturated rings. The zero-order chi connectivity index (χ0) is 13.0. The maximum atomic E-state index is 12.2. The second kappa shape index (κ2) is 6.00. The summed E-state index contributed by atoms with van der Waals surface area (Å²) < 4.78 is 9.96. The standard InChI is InChI=1S/C13H19NO4/c1-17-13(16)11-9-18-7-6-14(11)12(15)8-10-4-2-3-5-10/h2,4,10-11H,3,5-9H2,1H3. The molecule has 0 spiro atoms. The van der Waals surface area contributed by atoms with Gasteiger partial charge < -0.3 is 14.4 Å². The lowest BCUT2D eigenvalue weighted by molar-refractivity contribution is -0.161. The molecular weight excluding hydrogens is 234 g/mol. The van der Waals surface area contributed by atoms with Crippen LogP contribution in [0.3, 0.4) is 0 Å². The van der Waals surface area contributed by atoms with E-state index in [-0.39, 0.29) is 12.5 Å². The minimum Gasteiger partial charge on any atom is -0.467 e. The zero-order valence-electron chi connectivity index (χ0n) is 10.6. The van der Waals surface area contributed by atoms with E-state index in [2.05, 4.69) is 12.2 Å². The van der Waals surface area contributed by atoms with Gasteiger partial charge >= 0.3 is 5.97 Å². The van der Waals surface area contributed by atoms with Crippen LogP contribution in [0.2, 0.25) is 0 Å². The molecule has 1 amide bonds. The number of methoxy groups -OCH3 is 1. The molecule has 5 heteroatoms. The van der Waals surface area contributed by atoms with Gasteiger partial charge in [0.25, 0.3) is 0 Å². The highest BCUT2D eigenvalue weighted by Crippen LogP contribution is 2.22. The van der Waals surface area contributed by atoms with Gasteiger partial charge in [-0.1, -0.05) is 12.2 Å². The van der Waals surface area contributed by atoms with Crippen LogP contribution in [0.1, 0.15) is 19.3 Å². The highest BCUT2D eigenvalue weighted by Gasteiger charge is 2.34. The number of amides is 1. The van der Waals surface area contributed by atoms with Crippen molar-refractivity contribution in [1.29, 1.82) is 0 Å². The largest absolute Gasteiger partial charge is 0.467 e. The first-order chi connectivity index (χ1) is 8.72. The van der Waals surface area contributed by atoms with Gasteiger partial charge in [0.2, 0.25) is 5.91 Å². The Morgan fingerprint density at radius 2 is 2.33 bits per heavy atom. The van der Waals surface area contributed by atoms with Crippen molar-refractivity contribution >= 4 is 11.9 Å². The molecule has 0 aromatic rings. The van der Waals surface area contributed by atoms with E-state index < -0.39 is 12.0 Å². The molecule has 2 aliphatic rings. The molecule has 0 radical (unpaired) electrons. The summed E-state index contributed by atoms with van der Waals surface area (Å²) >= 11 is 0. The second-order valence-electron chi connectivity index (χ2n) is 4.67. The molecule has 2 unspecified atom stereocenters. The van der Waals surface area contributed by atoms with Crippen LogP contribution in [0.5, 0.6) is 0 Å². The fourth-order valence-electron chi connectivity index (χ4n) is 2.44. The second-order valence-corrected chi connectivity index (χ2v) is 4.67. The first-order valence-corrected chi connectivity index (χ1v) is 6.34. The van der Waals surface area contributed by atoms with Gasteiger partial charge in [-0.2, -0.15) is 0 Å². The number of esters is 1. The van der Waals surface area contributed by atoms with E-state index in [0.717, 1.165) is 12.8 Å². The highest BCUT2D eigenvalue weighted by molar-refractivity contribution is 5.85. The van der Waals surface area contributed by atoms with Crippen LogP contribution in [-0.4, -0.2) is 49.7 Å². The number of carbonyl (C=O) groups is 2. The van der Waals surface area contributed by atoms with Gasteiger partial charge in [-0.05, 0) is 18.8 Å². The summed E-state index contributed by atoms with van der Waals surface area (Å²) in [6.45, 7) is 1.19. The van der Waals surface area contributed by atoms with Gasteiger partial charge in [-0.25, -0.2) is 4.79 Å². The molecule has 100 valence electrons. The molecule has 2 rings (SSSR count). The van der Waals surface area contributed by atoms with E-state index in [0.29, 0.717) is 25.5 Å². The van der Waals surface area contributed by atoms with E-state index in [1.54, 1.807) is 4.90 Å². The summed E-state index contributed by atoms with van der Waals surface area (Å²) in [5, 5.41) is 0. The third kappa shape index (κ3) is 2.90. The molecule has 18 heavy (non-hydrogen) atoms. The predicted molar refractivity (Wildman–Crippen MR) is 64.8 cm³/mol. The molecule has 0 bridgehead atoms. The van der Waals surface area contributed by atoms with Crippen molar-refractivity contribution in [2.75, 3.05) is 26.9 Å². The van der Waals surface area contributed by atoms with Crippen molar-refractivity contribution in [3.05, 3.63) is 12.2 Å². The summed E-state index contributed by atoms with van der Waals surface area (Å²) in [4.78, 5) is 25.4. The van der Waals surface area contributed by atoms with Crippen LogP contribution in [0.4, 0.5) is 0 Å². The molecule has 1 aliphatic heterocycles. The molecule has 2 atom stereocenters. The van der Waals surface area contributed by atoms with Crippen molar-refractivity contribution in [2.45, 2.75) is 25.3 Å². The van der Waals surface area contributed by atoms with Crippen LogP contribution in [0.25, 0.3) is 0 Å². The fraction of sp³-hybridized carbons (Fsp3) is 0.692. The third-order valence-electron chi connectivity index (χ3n) is 3.47. The maximum absolute atomic E-state index is 12.2. The quantitative estimate of drug-likeness (QED) is 0.550. The van der Waals surface area contributed by atoms with Crippen LogP contribution in [0.15, 0.2) is 12.2 Å². The number of allylic oxidation sites excluding steroid dienone is 2. The van der Waals surface area contributed by atoms with Crippen LogP contribution in [-0.2, 0) is 19.1 Å². The molecule has 5 nitrogen and oxygen atoms in total. The average Bonchev–Trinajstić information content (AvgIpc) is 2.90. The number of hydrogen-bond donors (Lipinski definition) is 0. The fourth-order valence-corrected chi connectivity index (χ4v) is 2.44. The van der Waals surface area contributed by atoms with Gasteiger partial charge in [0.1, 0.15) is 0 Å². The Kier molecular flexibility index (Phi) is 4.36. The lowest BCUT2D eigenvalue weighted by Gasteiger charge is -2.34. The smallest absolute Gasteiger partial charge is 0.331 e. The number of rotatable bonds is 3. The van der Waals surface area contributed by atoms with E-state index in [1.165, 1.54) is 7.11 Å². The van der Waals surface area contributed by atoms with Crippen molar-refractivity contribution in [3.63, 3.8) is 0 Å². The predicted octanol–water partition coefficient (Wildman–Crippen LogP) is 0.743. The van der Waals surface area contributed by atoms with Crippen LogP contribution >= 0.6 is 0 Å². The Balaban J connectivity index is 1.96.